The number of hydrogen-bond donors (Lipinski definition) is 2. The van der Waals surface area contributed by atoms with Crippen molar-refractivity contribution in [2.45, 2.75) is 117 Å². The van der Waals surface area contributed by atoms with Crippen molar-refractivity contribution in [3.8, 4) is 0 Å². The van der Waals surface area contributed by atoms with E-state index >= 15 is 0 Å². The number of oxime groups is 1. The molecule has 4 fully saturated rings. The van der Waals surface area contributed by atoms with Crippen molar-refractivity contribution in [2.24, 2.45) is 45.6 Å². The normalized spacial score (nSPS) is 39.5. The first kappa shape index (κ1) is 30.2. The number of aliphatic carboxylic acids is 1. The van der Waals surface area contributed by atoms with E-state index in [1.54, 1.807) is 6.92 Å². The second-order valence-electron chi connectivity index (χ2n) is 14.8. The zero-order chi connectivity index (χ0) is 29.6. The van der Waals surface area contributed by atoms with Gasteiger partial charge in [-0.3, -0.25) is 14.4 Å². The Labute approximate surface area is 245 Å². The van der Waals surface area contributed by atoms with E-state index in [9.17, 15) is 19.5 Å². The van der Waals surface area contributed by atoms with Crippen molar-refractivity contribution in [1.29, 1.82) is 0 Å². The molecule has 0 aromatic carbocycles. The molecule has 1 amide bonds. The van der Waals surface area contributed by atoms with Gasteiger partial charge >= 0.3 is 5.97 Å². The van der Waals surface area contributed by atoms with Crippen LogP contribution >= 0.6 is 0 Å². The van der Waals surface area contributed by atoms with Crippen LogP contribution in [0.1, 0.15) is 105 Å². The molecule has 5 rings (SSSR count). The molecule has 1 saturated heterocycles. The van der Waals surface area contributed by atoms with Crippen molar-refractivity contribution in [3.63, 3.8) is 0 Å². The average molecular weight is 571 g/mol. The minimum Gasteiger partial charge on any atom is -0.481 e. The van der Waals surface area contributed by atoms with Gasteiger partial charge in [0.15, 0.2) is 6.61 Å². The van der Waals surface area contributed by atoms with E-state index in [0.29, 0.717) is 36.6 Å². The Hall–Kier alpha value is -2.22. The molecule has 41 heavy (non-hydrogen) atoms. The summed E-state index contributed by atoms with van der Waals surface area (Å²) in [5.74, 6) is 1.39. The topological polar surface area (TPSA) is 114 Å². The zero-order valence-corrected chi connectivity index (χ0v) is 25.7. The number of carbonyl (C=O) groups excluding carboxylic acids is 2. The van der Waals surface area contributed by atoms with Gasteiger partial charge < -0.3 is 20.0 Å². The second-order valence-corrected chi connectivity index (χ2v) is 14.8. The maximum absolute atomic E-state index is 12.7. The van der Waals surface area contributed by atoms with Crippen molar-refractivity contribution in [1.82, 2.24) is 5.32 Å². The molecule has 1 heterocycles. The minimum atomic E-state index is -0.929. The molecule has 1 aliphatic heterocycles. The summed E-state index contributed by atoms with van der Waals surface area (Å²) in [6.45, 7) is 11.0. The van der Waals surface area contributed by atoms with E-state index in [1.807, 2.05) is 13.8 Å². The van der Waals surface area contributed by atoms with Crippen LogP contribution in [-0.4, -0.2) is 53.3 Å². The van der Waals surface area contributed by atoms with E-state index in [2.05, 4.69) is 30.4 Å². The summed E-state index contributed by atoms with van der Waals surface area (Å²) >= 11 is 0. The second kappa shape index (κ2) is 11.5. The van der Waals surface area contributed by atoms with E-state index in [-0.39, 0.29) is 47.2 Å². The Morgan fingerprint density at radius 3 is 2.56 bits per heavy atom. The number of ketones is 1. The lowest BCUT2D eigenvalue weighted by Crippen LogP contribution is -2.51. The molecule has 8 unspecified atom stereocenters. The SMILES string of the molecule is CC(=O)C1CCC2C3CCC4=CC(=NOCC(=O)NC(CC(=O)O)C5CCOC(C)(C)C5)CCC4(C)C3CCC12C. The molecule has 8 heteroatoms. The Bertz CT molecular complexity index is 1110. The van der Waals surface area contributed by atoms with Crippen LogP contribution in [0.4, 0.5) is 0 Å². The van der Waals surface area contributed by atoms with Crippen LogP contribution < -0.4 is 5.32 Å². The molecular weight excluding hydrogens is 520 g/mol. The number of carbonyl (C=O) groups is 3. The number of carboxylic acid groups (broad SMARTS) is 1. The zero-order valence-electron chi connectivity index (χ0n) is 25.7. The van der Waals surface area contributed by atoms with E-state index in [4.69, 9.17) is 9.57 Å². The van der Waals surface area contributed by atoms with Crippen LogP contribution in [-0.2, 0) is 24.0 Å². The van der Waals surface area contributed by atoms with Gasteiger partial charge in [-0.1, -0.05) is 24.6 Å². The Morgan fingerprint density at radius 1 is 1.07 bits per heavy atom. The molecule has 0 radical (unpaired) electrons. The van der Waals surface area contributed by atoms with Gasteiger partial charge in [0.05, 0.1) is 17.7 Å². The number of nitrogens with zero attached hydrogens (tertiary/aromatic N) is 1. The third-order valence-electron chi connectivity index (χ3n) is 11.9. The highest BCUT2D eigenvalue weighted by Gasteiger charge is 2.59. The van der Waals surface area contributed by atoms with Gasteiger partial charge in [-0.25, -0.2) is 0 Å². The highest BCUT2D eigenvalue weighted by molar-refractivity contribution is 5.96. The van der Waals surface area contributed by atoms with Crippen molar-refractivity contribution in [2.75, 3.05) is 13.2 Å². The number of Topliss-reactive ketones (excluding diaryl/α,β-unsaturated/α-hetero) is 1. The number of fused-ring (bicyclic) bond motifs is 5. The van der Waals surface area contributed by atoms with Gasteiger partial charge in [-0.05, 0) is 126 Å². The van der Waals surface area contributed by atoms with Crippen LogP contribution in [0, 0.1) is 40.4 Å². The van der Waals surface area contributed by atoms with Crippen LogP contribution in [0.3, 0.4) is 0 Å². The predicted octanol–water partition coefficient (Wildman–Crippen LogP) is 5.69. The summed E-state index contributed by atoms with van der Waals surface area (Å²) in [5, 5.41) is 16.7. The smallest absolute Gasteiger partial charge is 0.305 e. The summed E-state index contributed by atoms with van der Waals surface area (Å²) in [4.78, 5) is 42.2. The highest BCUT2D eigenvalue weighted by atomic mass is 16.6. The number of amides is 1. The molecule has 8 nitrogen and oxygen atoms in total. The Kier molecular flexibility index (Phi) is 8.45. The fraction of sp³-hybridized carbons (Fsp3) is 0.818. The van der Waals surface area contributed by atoms with E-state index in [0.717, 1.165) is 44.2 Å². The summed E-state index contributed by atoms with van der Waals surface area (Å²) in [7, 11) is 0. The Morgan fingerprint density at radius 2 is 1.85 bits per heavy atom. The average Bonchev–Trinajstić information content (AvgIpc) is 3.25. The molecule has 4 aliphatic carbocycles. The minimum absolute atomic E-state index is 0.0382. The van der Waals surface area contributed by atoms with Gasteiger partial charge in [0.1, 0.15) is 5.78 Å². The molecule has 228 valence electrons. The first-order chi connectivity index (χ1) is 19.3. The number of hydrogen-bond acceptors (Lipinski definition) is 6. The van der Waals surface area contributed by atoms with Gasteiger partial charge in [0.2, 0.25) is 0 Å². The molecule has 0 spiro atoms. The van der Waals surface area contributed by atoms with Gasteiger partial charge in [0, 0.05) is 18.6 Å². The lowest BCUT2D eigenvalue weighted by molar-refractivity contribution is -0.140. The molecule has 5 aliphatic rings. The van der Waals surface area contributed by atoms with Gasteiger partial charge in [-0.2, -0.15) is 0 Å². The maximum atomic E-state index is 12.7. The number of carboxylic acids is 1. The van der Waals surface area contributed by atoms with E-state index in [1.165, 1.54) is 24.8 Å². The Balaban J connectivity index is 1.19. The number of nitrogens with one attached hydrogen (secondary N) is 1. The molecule has 0 aromatic heterocycles. The predicted molar refractivity (Wildman–Crippen MR) is 156 cm³/mol. The standard InChI is InChI=1S/C33H50N2O6/c1-20(36)25-8-9-26-24-7-6-22-16-23(10-13-32(22,4)27(24)11-14-33(25,26)5)35-41-19-29(37)34-28(17-30(38)39)21-12-15-40-31(2,3)18-21/h16,21,24-28H,6-15,17-19H2,1-5H3,(H,34,37)(H,38,39). The number of allylic oxidation sites excluding steroid dienone is 2. The third-order valence-corrected chi connectivity index (χ3v) is 11.9. The quantitative estimate of drug-likeness (QED) is 0.362. The summed E-state index contributed by atoms with van der Waals surface area (Å²) in [5.41, 5.74) is 2.35. The van der Waals surface area contributed by atoms with Crippen LogP contribution in [0.2, 0.25) is 0 Å². The monoisotopic (exact) mass is 570 g/mol. The molecule has 2 N–H and O–H groups in total. The fourth-order valence-electron chi connectivity index (χ4n) is 9.88. The van der Waals surface area contributed by atoms with Crippen LogP contribution in [0.25, 0.3) is 0 Å². The van der Waals surface area contributed by atoms with Crippen LogP contribution in [0.5, 0.6) is 0 Å². The number of rotatable bonds is 8. The van der Waals surface area contributed by atoms with Crippen molar-refractivity contribution >= 4 is 23.4 Å². The maximum Gasteiger partial charge on any atom is 0.305 e. The van der Waals surface area contributed by atoms with Gasteiger partial charge in [-0.15, -0.1) is 0 Å². The fourth-order valence-corrected chi connectivity index (χ4v) is 9.88. The molecular formula is C33H50N2O6. The summed E-state index contributed by atoms with van der Waals surface area (Å²) < 4.78 is 5.78. The lowest BCUT2D eigenvalue weighted by atomic mass is 9.46. The largest absolute Gasteiger partial charge is 0.481 e. The molecule has 0 bridgehead atoms. The summed E-state index contributed by atoms with van der Waals surface area (Å²) in [6, 6.07) is -0.463. The molecule has 0 aromatic rings. The number of ether oxygens (including phenoxy) is 1. The molecule has 8 atom stereocenters. The van der Waals surface area contributed by atoms with Gasteiger partial charge in [0.25, 0.3) is 5.91 Å². The van der Waals surface area contributed by atoms with E-state index < -0.39 is 12.0 Å². The first-order valence-corrected chi connectivity index (χ1v) is 15.9. The van der Waals surface area contributed by atoms with Crippen molar-refractivity contribution < 1.29 is 29.1 Å². The van der Waals surface area contributed by atoms with Crippen molar-refractivity contribution in [3.05, 3.63) is 11.6 Å². The molecule has 3 saturated carbocycles. The lowest BCUT2D eigenvalue weighted by Gasteiger charge is -2.58. The first-order valence-electron chi connectivity index (χ1n) is 15.9. The summed E-state index contributed by atoms with van der Waals surface area (Å²) in [6.07, 6.45) is 12.2. The van der Waals surface area contributed by atoms with Crippen LogP contribution in [0.15, 0.2) is 16.8 Å². The highest BCUT2D eigenvalue weighted by Crippen LogP contribution is 2.66. The third kappa shape index (κ3) is 6.00.